The Bertz CT molecular complexity index is 1430. The number of methoxy groups -OCH3 is 1. The summed E-state index contributed by atoms with van der Waals surface area (Å²) in [4.78, 5) is 27.6. The first-order valence-corrected chi connectivity index (χ1v) is 12.2. The van der Waals surface area contributed by atoms with Gasteiger partial charge >= 0.3 is 12.6 Å². The first-order valence-electron chi connectivity index (χ1n) is 12.2. The molecule has 0 radical (unpaired) electrons. The molecule has 11 heteroatoms. The Balaban J connectivity index is 1.42. The molecular weight excluding hydrogens is 496 g/mol. The van der Waals surface area contributed by atoms with E-state index in [1.54, 1.807) is 30.6 Å². The summed E-state index contributed by atoms with van der Waals surface area (Å²) in [5.74, 6) is 0.345. The van der Waals surface area contributed by atoms with Crippen molar-refractivity contribution in [3.63, 3.8) is 0 Å². The minimum atomic E-state index is -2.90. The number of hydrogen-bond donors (Lipinski definition) is 0. The zero-order valence-corrected chi connectivity index (χ0v) is 21.0. The van der Waals surface area contributed by atoms with Gasteiger partial charge in [-0.25, -0.2) is 15.0 Å². The molecule has 9 nitrogen and oxygen atoms in total. The van der Waals surface area contributed by atoms with E-state index in [2.05, 4.69) is 15.0 Å². The molecule has 198 valence electrons. The van der Waals surface area contributed by atoms with Gasteiger partial charge in [0.05, 0.1) is 38.5 Å². The predicted octanol–water partition coefficient (Wildman–Crippen LogP) is 4.06. The molecule has 4 heterocycles. The van der Waals surface area contributed by atoms with E-state index in [9.17, 15) is 13.6 Å². The summed E-state index contributed by atoms with van der Waals surface area (Å²) in [6, 6.07) is 10.4. The number of imidazole rings is 1. The van der Waals surface area contributed by atoms with Crippen molar-refractivity contribution in [3.05, 3.63) is 71.9 Å². The minimum absolute atomic E-state index is 0.144. The van der Waals surface area contributed by atoms with Crippen molar-refractivity contribution in [1.82, 2.24) is 19.4 Å². The Morgan fingerprint density at radius 1 is 1.16 bits per heavy atom. The number of pyridine rings is 1. The van der Waals surface area contributed by atoms with Crippen LogP contribution >= 0.6 is 0 Å². The van der Waals surface area contributed by atoms with Crippen molar-refractivity contribution in [3.8, 4) is 16.9 Å². The van der Waals surface area contributed by atoms with Gasteiger partial charge in [-0.3, -0.25) is 4.79 Å². The quantitative estimate of drug-likeness (QED) is 0.320. The highest BCUT2D eigenvalue weighted by Gasteiger charge is 2.28. The number of morpholine rings is 1. The topological polar surface area (TPSA) is 91.1 Å². The van der Waals surface area contributed by atoms with Gasteiger partial charge < -0.3 is 23.5 Å². The van der Waals surface area contributed by atoms with Crippen molar-refractivity contribution in [2.75, 3.05) is 31.8 Å². The van der Waals surface area contributed by atoms with Crippen LogP contribution in [0, 0.1) is 6.92 Å². The molecule has 5 rings (SSSR count). The number of rotatable bonds is 8. The van der Waals surface area contributed by atoms with Crippen LogP contribution in [0.3, 0.4) is 0 Å². The second-order valence-electron chi connectivity index (χ2n) is 8.93. The van der Waals surface area contributed by atoms with E-state index in [0.717, 1.165) is 28.2 Å². The molecule has 1 unspecified atom stereocenters. The van der Waals surface area contributed by atoms with E-state index in [1.807, 2.05) is 34.6 Å². The Morgan fingerprint density at radius 3 is 2.71 bits per heavy atom. The molecule has 0 bridgehead atoms. The Kier molecular flexibility index (Phi) is 7.45. The number of benzene rings is 1. The standard InChI is InChI=1S/C27H27F2N5O4/c1-17-22(11-18-5-3-4-6-23(18)38-26(28)29)34-15-19(7-8-24(34)32-17)20-13-30-27(31-14-20)33-9-10-37-16-21(33)12-25(35)36-2/h3-8,13-15,21,26H,9-12,16H2,1-2H3. The number of aromatic nitrogens is 4. The molecule has 1 aromatic carbocycles. The monoisotopic (exact) mass is 523 g/mol. The lowest BCUT2D eigenvalue weighted by atomic mass is 10.1. The molecule has 0 N–H and O–H groups in total. The Labute approximate surface area is 218 Å². The molecular formula is C27H27F2N5O4. The number of para-hydroxylation sites is 1. The lowest BCUT2D eigenvalue weighted by molar-refractivity contribution is -0.141. The number of fused-ring (bicyclic) bond motifs is 1. The average Bonchev–Trinajstić information content (AvgIpc) is 3.23. The summed E-state index contributed by atoms with van der Waals surface area (Å²) in [6.45, 7) is 0.478. The van der Waals surface area contributed by atoms with E-state index >= 15 is 0 Å². The Hall–Kier alpha value is -4.12. The van der Waals surface area contributed by atoms with Crippen LogP contribution in [-0.4, -0.2) is 64.8 Å². The summed E-state index contributed by atoms with van der Waals surface area (Å²) in [5.41, 5.74) is 4.71. The zero-order chi connectivity index (χ0) is 26.6. The number of hydrogen-bond acceptors (Lipinski definition) is 8. The second-order valence-corrected chi connectivity index (χ2v) is 8.93. The number of halogens is 2. The molecule has 3 aromatic heterocycles. The number of aryl methyl sites for hydroxylation is 1. The van der Waals surface area contributed by atoms with Gasteiger partial charge in [-0.05, 0) is 25.1 Å². The van der Waals surface area contributed by atoms with Crippen LogP contribution in [0.1, 0.15) is 23.4 Å². The fourth-order valence-corrected chi connectivity index (χ4v) is 4.62. The highest BCUT2D eigenvalue weighted by atomic mass is 19.3. The van der Waals surface area contributed by atoms with E-state index in [0.29, 0.717) is 37.7 Å². The molecule has 1 aliphatic rings. The highest BCUT2D eigenvalue weighted by Crippen LogP contribution is 2.27. The normalized spacial score (nSPS) is 15.7. The van der Waals surface area contributed by atoms with Crippen LogP contribution in [0.25, 0.3) is 16.8 Å². The molecule has 1 atom stereocenters. The van der Waals surface area contributed by atoms with Gasteiger partial charge in [-0.1, -0.05) is 18.2 Å². The van der Waals surface area contributed by atoms with Gasteiger partial charge in [0.1, 0.15) is 11.4 Å². The first kappa shape index (κ1) is 25.5. The fourth-order valence-electron chi connectivity index (χ4n) is 4.62. The summed E-state index contributed by atoms with van der Waals surface area (Å²) in [5, 5.41) is 0. The van der Waals surface area contributed by atoms with Crippen molar-refractivity contribution in [1.29, 1.82) is 0 Å². The maximum absolute atomic E-state index is 12.9. The van der Waals surface area contributed by atoms with Gasteiger partial charge in [0, 0.05) is 53.9 Å². The van der Waals surface area contributed by atoms with Crippen LogP contribution < -0.4 is 9.64 Å². The SMILES string of the molecule is COC(=O)CC1COCCN1c1ncc(-c2ccc3nc(C)c(Cc4ccccc4OC(F)F)n3c2)cn1. The van der Waals surface area contributed by atoms with Gasteiger partial charge in [-0.2, -0.15) is 8.78 Å². The van der Waals surface area contributed by atoms with Crippen molar-refractivity contribution >= 4 is 17.6 Å². The predicted molar refractivity (Wildman–Crippen MR) is 135 cm³/mol. The molecule has 1 aliphatic heterocycles. The van der Waals surface area contributed by atoms with Gasteiger partial charge in [-0.15, -0.1) is 0 Å². The number of anilines is 1. The van der Waals surface area contributed by atoms with Crippen LogP contribution in [0.2, 0.25) is 0 Å². The van der Waals surface area contributed by atoms with E-state index in [4.69, 9.17) is 14.2 Å². The van der Waals surface area contributed by atoms with Crippen molar-refractivity contribution < 1.29 is 27.8 Å². The number of carbonyl (C=O) groups is 1. The number of nitrogens with zero attached hydrogens (tertiary/aromatic N) is 5. The summed E-state index contributed by atoms with van der Waals surface area (Å²) < 4.78 is 42.8. The van der Waals surface area contributed by atoms with Gasteiger partial charge in [0.15, 0.2) is 0 Å². The van der Waals surface area contributed by atoms with E-state index in [1.165, 1.54) is 13.2 Å². The van der Waals surface area contributed by atoms with Crippen molar-refractivity contribution in [2.24, 2.45) is 0 Å². The lowest BCUT2D eigenvalue weighted by Crippen LogP contribution is -2.47. The van der Waals surface area contributed by atoms with Crippen LogP contribution in [0.5, 0.6) is 5.75 Å². The summed E-state index contributed by atoms with van der Waals surface area (Å²) >= 11 is 0. The maximum atomic E-state index is 12.9. The largest absolute Gasteiger partial charge is 0.469 e. The van der Waals surface area contributed by atoms with Crippen LogP contribution in [-0.2, 0) is 20.7 Å². The smallest absolute Gasteiger partial charge is 0.387 e. The zero-order valence-electron chi connectivity index (χ0n) is 21.0. The highest BCUT2D eigenvalue weighted by molar-refractivity contribution is 5.71. The number of ether oxygens (including phenoxy) is 3. The number of esters is 1. The van der Waals surface area contributed by atoms with Crippen LogP contribution in [0.15, 0.2) is 55.0 Å². The second kappa shape index (κ2) is 11.1. The first-order chi connectivity index (χ1) is 18.4. The minimum Gasteiger partial charge on any atom is -0.469 e. The maximum Gasteiger partial charge on any atom is 0.387 e. The molecule has 0 spiro atoms. The average molecular weight is 524 g/mol. The van der Waals surface area contributed by atoms with E-state index in [-0.39, 0.29) is 24.2 Å². The molecule has 0 aliphatic carbocycles. The third kappa shape index (κ3) is 5.42. The third-order valence-electron chi connectivity index (χ3n) is 6.55. The van der Waals surface area contributed by atoms with E-state index < -0.39 is 6.61 Å². The fraction of sp³-hybridized carbons (Fsp3) is 0.333. The molecule has 1 saturated heterocycles. The molecule has 0 amide bonds. The van der Waals surface area contributed by atoms with Crippen molar-refractivity contribution in [2.45, 2.75) is 32.4 Å². The van der Waals surface area contributed by atoms with Gasteiger partial charge in [0.25, 0.3) is 0 Å². The third-order valence-corrected chi connectivity index (χ3v) is 6.55. The summed E-state index contributed by atoms with van der Waals surface area (Å²) in [6.07, 6.45) is 5.97. The molecule has 38 heavy (non-hydrogen) atoms. The molecule has 0 saturated carbocycles. The Morgan fingerprint density at radius 2 is 1.95 bits per heavy atom. The molecule has 1 fully saturated rings. The number of carbonyl (C=O) groups excluding carboxylic acids is 1. The van der Waals surface area contributed by atoms with Crippen LogP contribution in [0.4, 0.5) is 14.7 Å². The molecule has 4 aromatic rings. The number of alkyl halides is 2. The van der Waals surface area contributed by atoms with Gasteiger partial charge in [0.2, 0.25) is 5.95 Å². The lowest BCUT2D eigenvalue weighted by Gasteiger charge is -2.34. The summed E-state index contributed by atoms with van der Waals surface area (Å²) in [7, 11) is 1.36.